The minimum Gasteiger partial charge on any atom is -0.441 e. The Morgan fingerprint density at radius 1 is 0.977 bits per heavy atom. The van der Waals surface area contributed by atoms with E-state index in [9.17, 15) is 24.3 Å². The van der Waals surface area contributed by atoms with Gasteiger partial charge in [-0.3, -0.25) is 14.4 Å². The second-order valence-corrected chi connectivity index (χ2v) is 12.1. The van der Waals surface area contributed by atoms with Gasteiger partial charge < -0.3 is 20.9 Å². The number of benzene rings is 1. The van der Waals surface area contributed by atoms with E-state index in [-0.39, 0.29) is 46.5 Å². The average molecular weight is 589 g/mol. The number of aliphatic hydroxyl groups is 1. The highest BCUT2D eigenvalue weighted by Crippen LogP contribution is 2.35. The van der Waals surface area contributed by atoms with Gasteiger partial charge in [0.1, 0.15) is 11.8 Å². The summed E-state index contributed by atoms with van der Waals surface area (Å²) in [5.41, 5.74) is 7.85. The molecule has 1 aromatic rings. The molecule has 1 aromatic carbocycles. The molecule has 0 saturated heterocycles. The Morgan fingerprint density at radius 2 is 1.63 bits per heavy atom. The van der Waals surface area contributed by atoms with Gasteiger partial charge >= 0.3 is 6.09 Å². The lowest BCUT2D eigenvalue weighted by molar-refractivity contribution is -0.119. The highest BCUT2D eigenvalue weighted by Gasteiger charge is 2.35. The van der Waals surface area contributed by atoms with E-state index >= 15 is 0 Å². The van der Waals surface area contributed by atoms with E-state index in [0.29, 0.717) is 35.1 Å². The molecule has 0 aromatic heterocycles. The number of nitrogens with one attached hydrogen (secondary N) is 1. The third-order valence-electron chi connectivity index (χ3n) is 8.34. The van der Waals surface area contributed by atoms with E-state index in [1.807, 2.05) is 46.8 Å². The molecule has 1 heterocycles. The summed E-state index contributed by atoms with van der Waals surface area (Å²) >= 11 is 0. The van der Waals surface area contributed by atoms with Gasteiger partial charge in [-0.15, -0.1) is 0 Å². The summed E-state index contributed by atoms with van der Waals surface area (Å²) in [6.07, 6.45) is 5.59. The van der Waals surface area contributed by atoms with E-state index in [2.05, 4.69) is 5.32 Å². The molecule has 1 aliphatic carbocycles. The van der Waals surface area contributed by atoms with Crippen molar-refractivity contribution in [3.05, 3.63) is 88.2 Å². The Kier molecular flexibility index (Phi) is 11.2. The first-order chi connectivity index (χ1) is 20.2. The Hall–Kier alpha value is -4.04. The summed E-state index contributed by atoms with van der Waals surface area (Å²) in [5.74, 6) is -1.94. The zero-order valence-electron chi connectivity index (χ0n) is 26.1. The van der Waals surface area contributed by atoms with Crippen molar-refractivity contribution in [2.75, 3.05) is 0 Å². The minimum absolute atomic E-state index is 0.0338. The van der Waals surface area contributed by atoms with Crippen LogP contribution in [0.25, 0.3) is 5.57 Å². The van der Waals surface area contributed by atoms with Gasteiger partial charge in [0.05, 0.1) is 11.7 Å². The zero-order valence-corrected chi connectivity index (χ0v) is 26.1. The summed E-state index contributed by atoms with van der Waals surface area (Å²) in [6, 6.07) is 8.86. The number of allylic oxidation sites excluding steroid dienone is 5. The van der Waals surface area contributed by atoms with Gasteiger partial charge in [0.2, 0.25) is 5.78 Å². The van der Waals surface area contributed by atoms with Crippen molar-refractivity contribution in [2.45, 2.75) is 73.5 Å². The molecule has 8 heteroatoms. The third kappa shape index (κ3) is 8.08. The molecule has 4 N–H and O–H groups in total. The molecule has 0 spiro atoms. The fourth-order valence-electron chi connectivity index (χ4n) is 5.95. The van der Waals surface area contributed by atoms with Gasteiger partial charge in [-0.05, 0) is 56.6 Å². The number of carbonyl (C=O) groups is 4. The number of fused-ring (bicyclic) bond motifs is 2. The molecular weight excluding hydrogens is 544 g/mol. The molecule has 0 saturated carbocycles. The molecule has 2 aliphatic rings. The fourth-order valence-corrected chi connectivity index (χ4v) is 5.95. The quantitative estimate of drug-likeness (QED) is 0.304. The van der Waals surface area contributed by atoms with Gasteiger partial charge in [0, 0.05) is 28.6 Å². The third-order valence-corrected chi connectivity index (χ3v) is 8.34. The maximum absolute atomic E-state index is 14.0. The van der Waals surface area contributed by atoms with Gasteiger partial charge in [-0.25, -0.2) is 4.79 Å². The maximum atomic E-state index is 14.0. The van der Waals surface area contributed by atoms with Crippen LogP contribution in [-0.2, 0) is 19.1 Å². The van der Waals surface area contributed by atoms with Crippen LogP contribution in [0, 0.1) is 23.7 Å². The number of nitrogens with two attached hydrogens (primary N) is 1. The lowest BCUT2D eigenvalue weighted by Crippen LogP contribution is -2.35. The summed E-state index contributed by atoms with van der Waals surface area (Å²) in [6.45, 7) is 12.8. The van der Waals surface area contributed by atoms with Crippen molar-refractivity contribution >= 4 is 29.1 Å². The normalized spacial score (nSPS) is 31.5. The SMILES string of the molecule is CC1=C2C[C@@H](C)C[C@H](C)[C@H](O)[C@@H](C)/C=C(\C)[C@H](OC(N)=O)[C@@H](C)/C=C\C=C(/C)C(=O)NC(=C(c3ccccc3)C1=O)C2=O. The number of aliphatic hydroxyl groups excluding tert-OH is 1. The van der Waals surface area contributed by atoms with Crippen LogP contribution in [0.3, 0.4) is 0 Å². The summed E-state index contributed by atoms with van der Waals surface area (Å²) in [4.78, 5) is 52.8. The Morgan fingerprint density at radius 3 is 2.26 bits per heavy atom. The van der Waals surface area contributed by atoms with Crippen molar-refractivity contribution < 1.29 is 29.0 Å². The van der Waals surface area contributed by atoms with Crippen LogP contribution >= 0.6 is 0 Å². The number of ketones is 2. The molecule has 8 nitrogen and oxygen atoms in total. The monoisotopic (exact) mass is 588 g/mol. The number of rotatable bonds is 2. The fraction of sp³-hybridized carbons (Fsp3) is 0.429. The molecule has 6 atom stereocenters. The standard InChI is InChI=1S/C35H44N2O6/c1-19-16-22(4)30(38)23(5)18-24(6)33(43-35(36)42)20(2)12-11-13-21(3)34(41)37-29-28(26-14-9-8-10-15-26)31(39)25(7)27(17-19)32(29)40/h8-15,18-20,22-23,30,33,38H,16-17H2,1-7H3,(H2,36,42)(H,37,41)/b12-11-,21-13+,24-18+/t19-,20-,22-,23-,30-,33+/m0/s1. The van der Waals surface area contributed by atoms with Crippen LogP contribution < -0.4 is 11.1 Å². The molecule has 0 radical (unpaired) electrons. The Labute approximate surface area is 254 Å². The van der Waals surface area contributed by atoms with Gasteiger partial charge in [0.25, 0.3) is 5.91 Å². The first-order valence-corrected chi connectivity index (χ1v) is 14.8. The maximum Gasteiger partial charge on any atom is 0.405 e. The number of carbonyl (C=O) groups excluding carboxylic acids is 4. The molecular formula is C35H44N2O6. The molecule has 0 unspecified atom stereocenters. The van der Waals surface area contributed by atoms with Crippen molar-refractivity contribution in [1.29, 1.82) is 0 Å². The molecule has 1 aliphatic heterocycles. The number of hydrogen-bond acceptors (Lipinski definition) is 6. The van der Waals surface area contributed by atoms with Crippen LogP contribution in [0.5, 0.6) is 0 Å². The number of hydrogen-bond donors (Lipinski definition) is 3. The molecule has 0 fully saturated rings. The van der Waals surface area contributed by atoms with E-state index in [1.165, 1.54) is 0 Å². The largest absolute Gasteiger partial charge is 0.441 e. The number of Topliss-reactive ketones (excluding diaryl/α,β-unsaturated/α-hetero) is 2. The first kappa shape index (κ1) is 33.5. The molecule has 3 rings (SSSR count). The second-order valence-electron chi connectivity index (χ2n) is 12.1. The van der Waals surface area contributed by atoms with Crippen LogP contribution in [0.2, 0.25) is 0 Å². The smallest absolute Gasteiger partial charge is 0.405 e. The summed E-state index contributed by atoms with van der Waals surface area (Å²) in [5, 5.41) is 14.0. The van der Waals surface area contributed by atoms with Crippen LogP contribution in [0.1, 0.15) is 66.9 Å². The lowest BCUT2D eigenvalue weighted by atomic mass is 9.78. The highest BCUT2D eigenvalue weighted by atomic mass is 16.6. The van der Waals surface area contributed by atoms with Gasteiger partial charge in [-0.1, -0.05) is 82.3 Å². The Balaban J connectivity index is 2.13. The predicted molar refractivity (Wildman–Crippen MR) is 167 cm³/mol. The van der Waals surface area contributed by atoms with Crippen molar-refractivity contribution in [3.8, 4) is 0 Å². The molecule has 2 bridgehead atoms. The van der Waals surface area contributed by atoms with Crippen molar-refractivity contribution in [2.24, 2.45) is 29.4 Å². The summed E-state index contributed by atoms with van der Waals surface area (Å²) in [7, 11) is 0. The van der Waals surface area contributed by atoms with E-state index in [0.717, 1.165) is 5.57 Å². The number of amides is 2. The van der Waals surface area contributed by atoms with Crippen LogP contribution in [0.4, 0.5) is 4.79 Å². The van der Waals surface area contributed by atoms with Gasteiger partial charge in [-0.2, -0.15) is 0 Å². The number of ether oxygens (including phenoxy) is 1. The van der Waals surface area contributed by atoms with Crippen LogP contribution in [0.15, 0.2) is 82.6 Å². The van der Waals surface area contributed by atoms with E-state index in [1.54, 1.807) is 56.3 Å². The summed E-state index contributed by atoms with van der Waals surface area (Å²) < 4.78 is 5.44. The van der Waals surface area contributed by atoms with E-state index < -0.39 is 24.2 Å². The lowest BCUT2D eigenvalue weighted by Gasteiger charge is -2.29. The van der Waals surface area contributed by atoms with Crippen molar-refractivity contribution in [3.63, 3.8) is 0 Å². The van der Waals surface area contributed by atoms with Crippen molar-refractivity contribution in [1.82, 2.24) is 5.32 Å². The molecule has 2 amide bonds. The predicted octanol–water partition coefficient (Wildman–Crippen LogP) is 5.59. The topological polar surface area (TPSA) is 136 Å². The molecule has 43 heavy (non-hydrogen) atoms. The van der Waals surface area contributed by atoms with E-state index in [4.69, 9.17) is 10.5 Å². The zero-order chi connectivity index (χ0) is 32.0. The molecule has 230 valence electrons. The Bertz CT molecular complexity index is 1410. The second kappa shape index (κ2) is 14.4. The van der Waals surface area contributed by atoms with Gasteiger partial charge in [0.15, 0.2) is 5.78 Å². The number of primary amides is 1. The highest BCUT2D eigenvalue weighted by molar-refractivity contribution is 6.39. The first-order valence-electron chi connectivity index (χ1n) is 14.8. The average Bonchev–Trinajstić information content (AvgIpc) is 2.95. The van der Waals surface area contributed by atoms with Crippen LogP contribution in [-0.4, -0.2) is 40.9 Å². The minimum atomic E-state index is -0.907.